The molecule has 1 aromatic carbocycles. The number of hydrogen-bond acceptors (Lipinski definition) is 7. The lowest BCUT2D eigenvalue weighted by atomic mass is 9.96. The van der Waals surface area contributed by atoms with Gasteiger partial charge in [0.2, 0.25) is 5.91 Å². The first-order valence-electron chi connectivity index (χ1n) is 13.0. The largest absolute Gasteiger partial charge is 0.393 e. The number of carbonyl (C=O) groups is 2. The average molecular weight is 595 g/mol. The van der Waals surface area contributed by atoms with Gasteiger partial charge in [0.25, 0.3) is 5.91 Å². The molecular weight excluding hydrogens is 558 g/mol. The van der Waals surface area contributed by atoms with E-state index < -0.39 is 41.9 Å². The Morgan fingerprint density at radius 1 is 1.00 bits per heavy atom. The van der Waals surface area contributed by atoms with Crippen molar-refractivity contribution < 1.29 is 40.6 Å². The van der Waals surface area contributed by atoms with Gasteiger partial charge in [-0.1, -0.05) is 58.2 Å². The molecule has 4 rings (SSSR count). The zero-order valence-electron chi connectivity index (χ0n) is 23.5. The van der Waals surface area contributed by atoms with Crippen LogP contribution >= 0.6 is 0 Å². The summed E-state index contributed by atoms with van der Waals surface area (Å²) in [5, 5.41) is 18.7. The molecule has 0 radical (unpaired) electrons. The van der Waals surface area contributed by atoms with E-state index in [0.29, 0.717) is 5.69 Å². The molecule has 0 spiro atoms. The summed E-state index contributed by atoms with van der Waals surface area (Å²) in [6, 6.07) is 5.32. The molecule has 4 N–H and O–H groups in total. The highest BCUT2D eigenvalue weighted by Crippen LogP contribution is 2.36. The third-order valence-electron chi connectivity index (χ3n) is 5.82. The number of halogens is 6. The highest BCUT2D eigenvalue weighted by atomic mass is 19.4. The third-order valence-corrected chi connectivity index (χ3v) is 5.82. The van der Waals surface area contributed by atoms with Crippen LogP contribution in [0, 0.1) is 18.3 Å². The van der Waals surface area contributed by atoms with Crippen molar-refractivity contribution in [2.24, 2.45) is 11.3 Å². The molecule has 1 saturated carbocycles. The molecule has 15 heteroatoms. The zero-order chi connectivity index (χ0) is 31.0. The molecular formula is C26H36F6N6O3. The summed E-state index contributed by atoms with van der Waals surface area (Å²) >= 11 is 0. The van der Waals surface area contributed by atoms with Crippen molar-refractivity contribution >= 4 is 23.2 Å². The van der Waals surface area contributed by atoms with Crippen LogP contribution in [-0.2, 0) is 11.3 Å². The lowest BCUT2D eigenvalue weighted by Gasteiger charge is -2.21. The van der Waals surface area contributed by atoms with Gasteiger partial charge in [0, 0.05) is 13.0 Å². The van der Waals surface area contributed by atoms with Crippen molar-refractivity contribution in [3.63, 3.8) is 0 Å². The summed E-state index contributed by atoms with van der Waals surface area (Å²) in [6.07, 6.45) is -4.85. The van der Waals surface area contributed by atoms with Crippen LogP contribution in [0.25, 0.3) is 0 Å². The quantitative estimate of drug-likeness (QED) is 0.293. The van der Waals surface area contributed by atoms with E-state index in [1.54, 1.807) is 25.1 Å². The molecule has 2 aromatic rings. The zero-order valence-corrected chi connectivity index (χ0v) is 23.5. The van der Waals surface area contributed by atoms with Crippen LogP contribution in [0.5, 0.6) is 0 Å². The van der Waals surface area contributed by atoms with E-state index in [1.807, 2.05) is 0 Å². The van der Waals surface area contributed by atoms with Crippen molar-refractivity contribution in [2.45, 2.75) is 85.4 Å². The Kier molecular flexibility index (Phi) is 11.4. The molecule has 230 valence electrons. The topological polar surface area (TPSA) is 121 Å². The van der Waals surface area contributed by atoms with Crippen LogP contribution in [0.3, 0.4) is 0 Å². The number of nitrogens with zero attached hydrogens (tertiary/aromatic N) is 2. The molecule has 0 bridgehead atoms. The summed E-state index contributed by atoms with van der Waals surface area (Å²) < 4.78 is 76.8. The van der Waals surface area contributed by atoms with Gasteiger partial charge < -0.3 is 21.3 Å². The maximum absolute atomic E-state index is 12.5. The van der Waals surface area contributed by atoms with Crippen LogP contribution in [0.2, 0.25) is 0 Å². The van der Waals surface area contributed by atoms with Crippen molar-refractivity contribution in [3.05, 3.63) is 35.2 Å². The fraction of sp³-hybridized carbons (Fsp3) is 0.615. The summed E-state index contributed by atoms with van der Waals surface area (Å²) in [5.74, 6) is -2.77. The minimum Gasteiger partial charge on any atom is -0.362 e. The molecule has 2 unspecified atom stereocenters. The van der Waals surface area contributed by atoms with Gasteiger partial charge in [0.1, 0.15) is 11.9 Å². The number of fused-ring (bicyclic) bond motifs is 1. The molecule has 2 aliphatic rings. The standard InChI is InChI=1S/C18H21F3N6O3.C5H9F3.C3H6/c1-9(18(19,20)21)5-15(28)22-7-11-3-4-12-13(6-11)25-14(24-12)8-23-17(29)16-10(2)26-30-27-16;1-4(2,3)5(6,7)8;1-2-3-1/h3-4,6,9,14,24-25H,5,7-8H2,1-2H3,(H,22,28)(H,23,29);1-3H3;1-3H2. The van der Waals surface area contributed by atoms with Crippen LogP contribution in [0.1, 0.15) is 75.1 Å². The summed E-state index contributed by atoms with van der Waals surface area (Å²) in [5.41, 5.74) is 1.22. The van der Waals surface area contributed by atoms with Crippen molar-refractivity contribution in [1.82, 2.24) is 20.9 Å². The summed E-state index contributed by atoms with van der Waals surface area (Å²) in [4.78, 5) is 23.8. The van der Waals surface area contributed by atoms with Crippen molar-refractivity contribution in [1.29, 1.82) is 0 Å². The van der Waals surface area contributed by atoms with Gasteiger partial charge in [-0.15, -0.1) is 0 Å². The summed E-state index contributed by atoms with van der Waals surface area (Å²) in [6.45, 7) is 6.38. The van der Waals surface area contributed by atoms with E-state index in [9.17, 15) is 35.9 Å². The first-order chi connectivity index (χ1) is 18.9. The van der Waals surface area contributed by atoms with E-state index in [1.165, 1.54) is 19.3 Å². The number of carbonyl (C=O) groups excluding carboxylic acids is 2. The van der Waals surface area contributed by atoms with Gasteiger partial charge in [0.15, 0.2) is 5.69 Å². The van der Waals surface area contributed by atoms with E-state index >= 15 is 0 Å². The Labute approximate surface area is 234 Å². The number of rotatable bonds is 7. The summed E-state index contributed by atoms with van der Waals surface area (Å²) in [7, 11) is 0. The molecule has 9 nitrogen and oxygen atoms in total. The van der Waals surface area contributed by atoms with Crippen LogP contribution < -0.4 is 21.3 Å². The van der Waals surface area contributed by atoms with E-state index in [-0.39, 0.29) is 24.9 Å². The lowest BCUT2D eigenvalue weighted by Crippen LogP contribution is -2.38. The van der Waals surface area contributed by atoms with Crippen LogP contribution in [-0.4, -0.2) is 47.2 Å². The van der Waals surface area contributed by atoms with Gasteiger partial charge in [-0.05, 0) is 29.8 Å². The molecule has 2 atom stereocenters. The third kappa shape index (κ3) is 11.5. The number of alkyl halides is 6. The van der Waals surface area contributed by atoms with E-state index in [4.69, 9.17) is 0 Å². The molecule has 1 fully saturated rings. The van der Waals surface area contributed by atoms with E-state index in [2.05, 4.69) is 36.2 Å². The number of benzene rings is 1. The number of aromatic nitrogens is 2. The Morgan fingerprint density at radius 2 is 1.59 bits per heavy atom. The SMILES string of the molecule is C1CC1.CC(C)(C)C(F)(F)F.Cc1nonc1C(=O)NCC1Nc2ccc(CNC(=O)CC(C)C(F)(F)F)cc2N1. The van der Waals surface area contributed by atoms with Gasteiger partial charge in [0.05, 0.1) is 29.3 Å². The second-order valence-electron chi connectivity index (χ2n) is 10.9. The van der Waals surface area contributed by atoms with Crippen molar-refractivity contribution in [2.75, 3.05) is 17.2 Å². The fourth-order valence-corrected chi connectivity index (χ4v) is 2.84. The molecule has 2 amide bonds. The molecule has 0 saturated heterocycles. The Hall–Kier alpha value is -3.52. The number of anilines is 2. The Morgan fingerprint density at radius 3 is 2.07 bits per heavy atom. The highest BCUT2D eigenvalue weighted by molar-refractivity contribution is 5.93. The number of amides is 2. The van der Waals surface area contributed by atoms with Crippen LogP contribution in [0.15, 0.2) is 22.8 Å². The number of aryl methyl sites for hydroxylation is 1. The predicted octanol–water partition coefficient (Wildman–Crippen LogP) is 5.94. The number of hydrogen-bond donors (Lipinski definition) is 4. The average Bonchev–Trinajstić information content (AvgIpc) is 3.58. The maximum Gasteiger partial charge on any atom is 0.393 e. The lowest BCUT2D eigenvalue weighted by molar-refractivity contribution is -0.204. The van der Waals surface area contributed by atoms with E-state index in [0.717, 1.165) is 44.6 Å². The van der Waals surface area contributed by atoms with Gasteiger partial charge in [-0.25, -0.2) is 4.63 Å². The molecule has 2 heterocycles. The Balaban J connectivity index is 0.000000448. The number of nitrogens with one attached hydrogen (secondary N) is 4. The van der Waals surface area contributed by atoms with Gasteiger partial charge in [-0.3, -0.25) is 9.59 Å². The van der Waals surface area contributed by atoms with Gasteiger partial charge >= 0.3 is 12.4 Å². The second-order valence-corrected chi connectivity index (χ2v) is 10.9. The molecule has 1 aliphatic carbocycles. The monoisotopic (exact) mass is 594 g/mol. The van der Waals surface area contributed by atoms with Gasteiger partial charge in [-0.2, -0.15) is 26.3 Å². The second kappa shape index (κ2) is 13.9. The first kappa shape index (κ1) is 33.7. The molecule has 1 aliphatic heterocycles. The Bertz CT molecular complexity index is 1140. The minimum atomic E-state index is -4.40. The van der Waals surface area contributed by atoms with Crippen LogP contribution in [0.4, 0.5) is 37.7 Å². The maximum atomic E-state index is 12.5. The highest BCUT2D eigenvalue weighted by Gasteiger charge is 2.43. The normalized spacial score (nSPS) is 16.4. The first-order valence-corrected chi connectivity index (χ1v) is 13.0. The van der Waals surface area contributed by atoms with Crippen molar-refractivity contribution in [3.8, 4) is 0 Å². The predicted molar refractivity (Wildman–Crippen MR) is 140 cm³/mol. The smallest absolute Gasteiger partial charge is 0.362 e. The molecule has 41 heavy (non-hydrogen) atoms. The fourth-order valence-electron chi connectivity index (χ4n) is 2.84. The minimum absolute atomic E-state index is 0.109. The molecule has 1 aromatic heterocycles.